The van der Waals surface area contributed by atoms with E-state index in [-0.39, 0.29) is 12.0 Å². The molecule has 2 saturated heterocycles. The molecule has 2 aliphatic heterocycles. The van der Waals surface area contributed by atoms with Crippen molar-refractivity contribution in [3.63, 3.8) is 0 Å². The van der Waals surface area contributed by atoms with E-state index in [0.717, 1.165) is 45.1 Å². The van der Waals surface area contributed by atoms with Gasteiger partial charge in [0, 0.05) is 37.6 Å². The van der Waals surface area contributed by atoms with Gasteiger partial charge in [0.1, 0.15) is 0 Å². The summed E-state index contributed by atoms with van der Waals surface area (Å²) >= 11 is 0. The molecule has 2 heterocycles. The van der Waals surface area contributed by atoms with Gasteiger partial charge in [0.25, 0.3) is 0 Å². The topological polar surface area (TPSA) is 54.0 Å². The van der Waals surface area contributed by atoms with Gasteiger partial charge in [0.05, 0.1) is 32.5 Å². The highest BCUT2D eigenvalue weighted by Crippen LogP contribution is 2.19. The number of hydrogen-bond acceptors (Lipinski definition) is 5. The summed E-state index contributed by atoms with van der Waals surface area (Å²) in [6, 6.07) is 8.03. The quantitative estimate of drug-likeness (QED) is 0.903. The molecule has 1 amide bonds. The molecule has 0 saturated carbocycles. The number of anilines is 2. The fourth-order valence-electron chi connectivity index (χ4n) is 3.01. The number of amides is 1. The first-order chi connectivity index (χ1) is 11.2. The lowest BCUT2D eigenvalue weighted by molar-refractivity contribution is -0.119. The van der Waals surface area contributed by atoms with Crippen molar-refractivity contribution in [2.45, 2.75) is 13.0 Å². The lowest BCUT2D eigenvalue weighted by Gasteiger charge is -2.30. The number of nitrogens with zero attached hydrogens (tertiary/aromatic N) is 2. The molecule has 0 bridgehead atoms. The standard InChI is InChI=1S/C17H25N3O3/c1-14-12-19(6-11-23-14)13-17(21)18-15-2-4-16(5-3-15)20-7-9-22-10-8-20/h2-5,14H,6-13H2,1H3,(H,18,21). The summed E-state index contributed by atoms with van der Waals surface area (Å²) in [4.78, 5) is 16.6. The fraction of sp³-hybridized carbons (Fsp3) is 0.588. The monoisotopic (exact) mass is 319 g/mol. The molecule has 3 rings (SSSR count). The van der Waals surface area contributed by atoms with Crippen LogP contribution in [-0.4, -0.2) is 69.5 Å². The van der Waals surface area contributed by atoms with E-state index in [9.17, 15) is 4.79 Å². The Labute approximate surface area is 137 Å². The fourth-order valence-corrected chi connectivity index (χ4v) is 3.01. The van der Waals surface area contributed by atoms with Gasteiger partial charge in [-0.1, -0.05) is 0 Å². The Hall–Kier alpha value is -1.63. The third-order valence-corrected chi connectivity index (χ3v) is 4.22. The molecule has 2 aliphatic rings. The molecule has 0 radical (unpaired) electrons. The minimum atomic E-state index is 0.0261. The molecule has 6 heteroatoms. The van der Waals surface area contributed by atoms with Gasteiger partial charge in [-0.2, -0.15) is 0 Å². The Morgan fingerprint density at radius 2 is 1.91 bits per heavy atom. The number of carbonyl (C=O) groups is 1. The lowest BCUT2D eigenvalue weighted by Crippen LogP contribution is -2.44. The molecule has 0 aliphatic carbocycles. The van der Waals surface area contributed by atoms with E-state index in [1.165, 1.54) is 5.69 Å². The lowest BCUT2D eigenvalue weighted by atomic mass is 10.2. The van der Waals surface area contributed by atoms with Crippen LogP contribution in [-0.2, 0) is 14.3 Å². The van der Waals surface area contributed by atoms with E-state index >= 15 is 0 Å². The van der Waals surface area contributed by atoms with Crippen molar-refractivity contribution < 1.29 is 14.3 Å². The molecule has 6 nitrogen and oxygen atoms in total. The van der Waals surface area contributed by atoms with Crippen LogP contribution in [0, 0.1) is 0 Å². The van der Waals surface area contributed by atoms with Gasteiger partial charge in [0.15, 0.2) is 0 Å². The summed E-state index contributed by atoms with van der Waals surface area (Å²) in [6.45, 7) is 8.15. The van der Waals surface area contributed by atoms with Crippen LogP contribution in [0.4, 0.5) is 11.4 Å². The van der Waals surface area contributed by atoms with Crippen LogP contribution in [0.2, 0.25) is 0 Å². The number of hydrogen-bond donors (Lipinski definition) is 1. The third kappa shape index (κ3) is 4.67. The molecule has 0 aromatic heterocycles. The summed E-state index contributed by atoms with van der Waals surface area (Å²) in [5.74, 6) is 0.0261. The second-order valence-electron chi connectivity index (χ2n) is 6.11. The van der Waals surface area contributed by atoms with Gasteiger partial charge >= 0.3 is 0 Å². The van der Waals surface area contributed by atoms with E-state index in [2.05, 4.69) is 27.2 Å². The Bertz CT molecular complexity index is 514. The highest BCUT2D eigenvalue weighted by atomic mass is 16.5. The minimum absolute atomic E-state index is 0.0261. The van der Waals surface area contributed by atoms with Crippen molar-refractivity contribution >= 4 is 17.3 Å². The largest absolute Gasteiger partial charge is 0.378 e. The Morgan fingerprint density at radius 3 is 2.61 bits per heavy atom. The molecule has 0 spiro atoms. The molecule has 126 valence electrons. The molecule has 1 atom stereocenters. The van der Waals surface area contributed by atoms with E-state index in [1.807, 2.05) is 19.1 Å². The number of morpholine rings is 2. The van der Waals surface area contributed by atoms with Gasteiger partial charge < -0.3 is 19.7 Å². The number of carbonyl (C=O) groups excluding carboxylic acids is 1. The molecule has 1 unspecified atom stereocenters. The van der Waals surface area contributed by atoms with Crippen LogP contribution in [0.15, 0.2) is 24.3 Å². The number of ether oxygens (including phenoxy) is 2. The Kier molecular flexibility index (Phi) is 5.48. The first-order valence-electron chi connectivity index (χ1n) is 8.27. The summed E-state index contributed by atoms with van der Waals surface area (Å²) in [5.41, 5.74) is 2.02. The zero-order chi connectivity index (χ0) is 16.1. The van der Waals surface area contributed by atoms with E-state index in [0.29, 0.717) is 13.2 Å². The van der Waals surface area contributed by atoms with Crippen LogP contribution in [0.1, 0.15) is 6.92 Å². The van der Waals surface area contributed by atoms with Gasteiger partial charge in [-0.25, -0.2) is 0 Å². The smallest absolute Gasteiger partial charge is 0.238 e. The summed E-state index contributed by atoms with van der Waals surface area (Å²) < 4.78 is 10.9. The van der Waals surface area contributed by atoms with Gasteiger partial charge in [-0.05, 0) is 31.2 Å². The maximum Gasteiger partial charge on any atom is 0.238 e. The second-order valence-corrected chi connectivity index (χ2v) is 6.11. The van der Waals surface area contributed by atoms with Crippen molar-refractivity contribution in [3.8, 4) is 0 Å². The number of benzene rings is 1. The molecule has 1 N–H and O–H groups in total. The highest BCUT2D eigenvalue weighted by Gasteiger charge is 2.19. The van der Waals surface area contributed by atoms with E-state index in [1.54, 1.807) is 0 Å². The van der Waals surface area contributed by atoms with Crippen molar-refractivity contribution in [1.82, 2.24) is 4.90 Å². The van der Waals surface area contributed by atoms with Crippen LogP contribution in [0.5, 0.6) is 0 Å². The van der Waals surface area contributed by atoms with Crippen molar-refractivity contribution in [2.75, 3.05) is 62.8 Å². The molecule has 1 aromatic rings. The Balaban J connectivity index is 1.50. The maximum atomic E-state index is 12.2. The summed E-state index contributed by atoms with van der Waals surface area (Å²) in [5, 5.41) is 2.97. The first-order valence-corrected chi connectivity index (χ1v) is 8.27. The molecule has 1 aromatic carbocycles. The van der Waals surface area contributed by atoms with Crippen LogP contribution < -0.4 is 10.2 Å². The SMILES string of the molecule is CC1CN(CC(=O)Nc2ccc(N3CCOCC3)cc2)CCO1. The number of rotatable bonds is 4. The van der Waals surface area contributed by atoms with Crippen molar-refractivity contribution in [1.29, 1.82) is 0 Å². The summed E-state index contributed by atoms with van der Waals surface area (Å²) in [7, 11) is 0. The molecule has 2 fully saturated rings. The van der Waals surface area contributed by atoms with Crippen molar-refractivity contribution in [3.05, 3.63) is 24.3 Å². The average molecular weight is 319 g/mol. The first kappa shape index (κ1) is 16.2. The van der Waals surface area contributed by atoms with Crippen LogP contribution in [0.25, 0.3) is 0 Å². The number of nitrogens with one attached hydrogen (secondary N) is 1. The predicted molar refractivity (Wildman–Crippen MR) is 90.0 cm³/mol. The second kappa shape index (κ2) is 7.77. The zero-order valence-electron chi connectivity index (χ0n) is 13.7. The summed E-state index contributed by atoms with van der Waals surface area (Å²) in [6.07, 6.45) is 0.198. The zero-order valence-corrected chi connectivity index (χ0v) is 13.7. The molecular weight excluding hydrogens is 294 g/mol. The van der Waals surface area contributed by atoms with Crippen molar-refractivity contribution in [2.24, 2.45) is 0 Å². The molecule has 23 heavy (non-hydrogen) atoms. The Morgan fingerprint density at radius 1 is 1.17 bits per heavy atom. The van der Waals surface area contributed by atoms with E-state index in [4.69, 9.17) is 9.47 Å². The van der Waals surface area contributed by atoms with Crippen LogP contribution >= 0.6 is 0 Å². The van der Waals surface area contributed by atoms with Gasteiger partial charge in [-0.15, -0.1) is 0 Å². The maximum absolute atomic E-state index is 12.2. The van der Waals surface area contributed by atoms with Gasteiger partial charge in [-0.3, -0.25) is 9.69 Å². The average Bonchev–Trinajstić information content (AvgIpc) is 2.56. The highest BCUT2D eigenvalue weighted by molar-refractivity contribution is 5.92. The predicted octanol–water partition coefficient (Wildman–Crippen LogP) is 1.18. The van der Waals surface area contributed by atoms with Crippen LogP contribution in [0.3, 0.4) is 0 Å². The molecular formula is C17H25N3O3. The third-order valence-electron chi connectivity index (χ3n) is 4.22. The normalized spacial score (nSPS) is 22.8. The van der Waals surface area contributed by atoms with Gasteiger partial charge in [0.2, 0.25) is 5.91 Å². The van der Waals surface area contributed by atoms with E-state index < -0.39 is 0 Å². The minimum Gasteiger partial charge on any atom is -0.378 e.